The fraction of sp³-hybridized carbons (Fsp3) is 0.625. The lowest BCUT2D eigenvalue weighted by Gasteiger charge is -2.16. The molecule has 0 atom stereocenters. The van der Waals surface area contributed by atoms with Crippen LogP contribution < -0.4 is 14.8 Å². The van der Waals surface area contributed by atoms with E-state index in [0.29, 0.717) is 25.9 Å². The summed E-state index contributed by atoms with van der Waals surface area (Å²) in [5.41, 5.74) is 1.17. The van der Waals surface area contributed by atoms with Gasteiger partial charge in [-0.05, 0) is 40.5 Å². The zero-order chi connectivity index (χ0) is 15.7. The molecular formula is C16H26BrNO3. The molecule has 5 heteroatoms. The molecule has 0 heterocycles. The van der Waals surface area contributed by atoms with Gasteiger partial charge in [0, 0.05) is 32.7 Å². The van der Waals surface area contributed by atoms with Gasteiger partial charge in [-0.2, -0.15) is 0 Å². The SMILES string of the molecule is CCOc1cc(CNC(C)C)cc(Br)c1OCCCOC. The van der Waals surface area contributed by atoms with E-state index in [4.69, 9.17) is 14.2 Å². The van der Waals surface area contributed by atoms with Crippen molar-refractivity contribution >= 4 is 15.9 Å². The maximum Gasteiger partial charge on any atom is 0.175 e. The number of hydrogen-bond acceptors (Lipinski definition) is 4. The molecule has 0 aromatic heterocycles. The van der Waals surface area contributed by atoms with Crippen molar-refractivity contribution < 1.29 is 14.2 Å². The van der Waals surface area contributed by atoms with Crippen molar-refractivity contribution in [2.24, 2.45) is 0 Å². The Kier molecular flexibility index (Phi) is 8.73. The summed E-state index contributed by atoms with van der Waals surface area (Å²) in [6, 6.07) is 4.56. The second-order valence-corrected chi connectivity index (χ2v) is 5.92. The van der Waals surface area contributed by atoms with E-state index >= 15 is 0 Å². The Labute approximate surface area is 136 Å². The van der Waals surface area contributed by atoms with Gasteiger partial charge in [0.15, 0.2) is 11.5 Å². The van der Waals surface area contributed by atoms with Crippen LogP contribution in [0.1, 0.15) is 32.8 Å². The third-order valence-electron chi connectivity index (χ3n) is 2.82. The lowest BCUT2D eigenvalue weighted by atomic mass is 10.2. The minimum Gasteiger partial charge on any atom is -0.490 e. The summed E-state index contributed by atoms with van der Waals surface area (Å²) in [6.07, 6.45) is 0.852. The van der Waals surface area contributed by atoms with Gasteiger partial charge in [-0.15, -0.1) is 0 Å². The summed E-state index contributed by atoms with van der Waals surface area (Å²) in [5, 5.41) is 3.40. The van der Waals surface area contributed by atoms with Crippen molar-refractivity contribution in [3.8, 4) is 11.5 Å². The highest BCUT2D eigenvalue weighted by molar-refractivity contribution is 9.10. The lowest BCUT2D eigenvalue weighted by molar-refractivity contribution is 0.169. The molecule has 21 heavy (non-hydrogen) atoms. The zero-order valence-corrected chi connectivity index (χ0v) is 15.0. The minimum absolute atomic E-state index is 0.448. The molecule has 0 saturated carbocycles. The first kappa shape index (κ1) is 18.3. The van der Waals surface area contributed by atoms with Crippen LogP contribution >= 0.6 is 15.9 Å². The molecule has 0 aliphatic heterocycles. The first-order chi connectivity index (χ1) is 10.1. The van der Waals surface area contributed by atoms with Gasteiger partial charge >= 0.3 is 0 Å². The quantitative estimate of drug-likeness (QED) is 0.645. The standard InChI is InChI=1S/C16H26BrNO3/c1-5-20-15-10-13(11-18-12(2)3)9-14(17)16(15)21-8-6-7-19-4/h9-10,12,18H,5-8,11H2,1-4H3. The Balaban J connectivity index is 2.80. The van der Waals surface area contributed by atoms with Gasteiger partial charge in [-0.1, -0.05) is 13.8 Å². The van der Waals surface area contributed by atoms with Crippen LogP contribution in [-0.4, -0.2) is 33.0 Å². The lowest BCUT2D eigenvalue weighted by Crippen LogP contribution is -2.21. The fourth-order valence-electron chi connectivity index (χ4n) is 1.83. The third-order valence-corrected chi connectivity index (χ3v) is 3.41. The molecule has 0 saturated heterocycles. The smallest absolute Gasteiger partial charge is 0.175 e. The molecule has 0 aliphatic carbocycles. The number of rotatable bonds is 10. The van der Waals surface area contributed by atoms with E-state index in [1.165, 1.54) is 5.56 Å². The minimum atomic E-state index is 0.448. The number of nitrogens with one attached hydrogen (secondary N) is 1. The Morgan fingerprint density at radius 1 is 1.19 bits per heavy atom. The summed E-state index contributed by atoms with van der Waals surface area (Å²) in [5.74, 6) is 1.55. The largest absolute Gasteiger partial charge is 0.490 e. The first-order valence-corrected chi connectivity index (χ1v) is 8.18. The Bertz CT molecular complexity index is 424. The van der Waals surface area contributed by atoms with E-state index in [1.807, 2.05) is 13.0 Å². The topological polar surface area (TPSA) is 39.7 Å². The van der Waals surface area contributed by atoms with Crippen LogP contribution in [0.3, 0.4) is 0 Å². The predicted octanol–water partition coefficient (Wildman–Crippen LogP) is 3.76. The Morgan fingerprint density at radius 2 is 1.95 bits per heavy atom. The fourth-order valence-corrected chi connectivity index (χ4v) is 2.43. The van der Waals surface area contributed by atoms with Crippen LogP contribution in [0.2, 0.25) is 0 Å². The molecule has 0 unspecified atom stereocenters. The maximum atomic E-state index is 5.83. The van der Waals surface area contributed by atoms with Crippen LogP contribution in [0.5, 0.6) is 11.5 Å². The van der Waals surface area contributed by atoms with Crippen molar-refractivity contribution in [2.45, 2.75) is 39.8 Å². The van der Waals surface area contributed by atoms with Crippen LogP contribution in [0.4, 0.5) is 0 Å². The van der Waals surface area contributed by atoms with E-state index in [9.17, 15) is 0 Å². The van der Waals surface area contributed by atoms with Gasteiger partial charge in [0.2, 0.25) is 0 Å². The highest BCUT2D eigenvalue weighted by atomic mass is 79.9. The van der Waals surface area contributed by atoms with Gasteiger partial charge in [0.05, 0.1) is 17.7 Å². The predicted molar refractivity (Wildman–Crippen MR) is 89.3 cm³/mol. The normalized spacial score (nSPS) is 11.0. The van der Waals surface area contributed by atoms with Crippen LogP contribution in [-0.2, 0) is 11.3 Å². The molecule has 1 rings (SSSR count). The van der Waals surface area contributed by atoms with Crippen molar-refractivity contribution in [2.75, 3.05) is 26.9 Å². The summed E-state index contributed by atoms with van der Waals surface area (Å²) in [4.78, 5) is 0. The molecule has 0 fully saturated rings. The highest BCUT2D eigenvalue weighted by Crippen LogP contribution is 2.37. The first-order valence-electron chi connectivity index (χ1n) is 7.38. The molecule has 1 aromatic rings. The molecule has 120 valence electrons. The molecule has 0 bridgehead atoms. The molecule has 0 aliphatic rings. The van der Waals surface area contributed by atoms with Gasteiger partial charge < -0.3 is 19.5 Å². The average molecular weight is 360 g/mol. The molecule has 1 aromatic carbocycles. The number of methoxy groups -OCH3 is 1. The molecule has 0 amide bonds. The van der Waals surface area contributed by atoms with Crippen LogP contribution in [0, 0.1) is 0 Å². The summed E-state index contributed by atoms with van der Waals surface area (Å²) < 4.78 is 17.5. The van der Waals surface area contributed by atoms with Gasteiger partial charge in [-0.25, -0.2) is 0 Å². The summed E-state index contributed by atoms with van der Waals surface area (Å²) in [7, 11) is 1.69. The number of ether oxygens (including phenoxy) is 3. The number of benzene rings is 1. The van der Waals surface area contributed by atoms with Crippen molar-refractivity contribution in [3.63, 3.8) is 0 Å². The van der Waals surface area contributed by atoms with Gasteiger partial charge in [-0.3, -0.25) is 0 Å². The van der Waals surface area contributed by atoms with Crippen molar-refractivity contribution in [3.05, 3.63) is 22.2 Å². The average Bonchev–Trinajstić information content (AvgIpc) is 2.43. The molecule has 0 spiro atoms. The summed E-state index contributed by atoms with van der Waals surface area (Å²) in [6.45, 7) is 8.95. The zero-order valence-electron chi connectivity index (χ0n) is 13.4. The Hall–Kier alpha value is -0.780. The van der Waals surface area contributed by atoms with Crippen LogP contribution in [0.25, 0.3) is 0 Å². The maximum absolute atomic E-state index is 5.83. The van der Waals surface area contributed by atoms with E-state index in [1.54, 1.807) is 7.11 Å². The van der Waals surface area contributed by atoms with E-state index in [-0.39, 0.29) is 0 Å². The molecule has 1 N–H and O–H groups in total. The van der Waals surface area contributed by atoms with Gasteiger partial charge in [0.1, 0.15) is 0 Å². The van der Waals surface area contributed by atoms with E-state index in [2.05, 4.69) is 41.2 Å². The number of halogens is 1. The van der Waals surface area contributed by atoms with Crippen molar-refractivity contribution in [1.82, 2.24) is 5.32 Å². The van der Waals surface area contributed by atoms with Crippen LogP contribution in [0.15, 0.2) is 16.6 Å². The Morgan fingerprint density at radius 3 is 2.57 bits per heavy atom. The monoisotopic (exact) mass is 359 g/mol. The third kappa shape index (κ3) is 6.68. The second-order valence-electron chi connectivity index (χ2n) is 5.07. The molecule has 4 nitrogen and oxygen atoms in total. The molecular weight excluding hydrogens is 334 g/mol. The summed E-state index contributed by atoms with van der Waals surface area (Å²) >= 11 is 3.58. The van der Waals surface area contributed by atoms with E-state index < -0.39 is 0 Å². The highest BCUT2D eigenvalue weighted by Gasteiger charge is 2.12. The van der Waals surface area contributed by atoms with E-state index in [0.717, 1.165) is 28.9 Å². The molecule has 0 radical (unpaired) electrons. The number of hydrogen-bond donors (Lipinski definition) is 1. The van der Waals surface area contributed by atoms with Gasteiger partial charge in [0.25, 0.3) is 0 Å². The second kappa shape index (κ2) is 10.0. The van der Waals surface area contributed by atoms with Crippen molar-refractivity contribution in [1.29, 1.82) is 0 Å².